The molecule has 61 heavy (non-hydrogen) atoms. The fourth-order valence-corrected chi connectivity index (χ4v) is 6.83. The van der Waals surface area contributed by atoms with E-state index in [1.807, 2.05) is 0 Å². The van der Waals surface area contributed by atoms with Gasteiger partial charge in [-0.05, 0) is 109 Å². The normalized spacial score (nSPS) is 12.6. The Morgan fingerprint density at radius 1 is 0.344 bits per heavy atom. The third-order valence-electron chi connectivity index (χ3n) is 10.7. The molecule has 1 atom stereocenters. The second kappa shape index (κ2) is 49.5. The summed E-state index contributed by atoms with van der Waals surface area (Å²) in [6, 6.07) is 0. The van der Waals surface area contributed by atoms with Crippen molar-refractivity contribution in [2.75, 3.05) is 13.2 Å². The molecule has 0 saturated heterocycles. The monoisotopic (exact) mass is 851 g/mol. The third kappa shape index (κ3) is 47.7. The number of unbranched alkanes of at least 4 members (excludes halogenated alkanes) is 22. The van der Waals surface area contributed by atoms with Crippen LogP contribution in [0.4, 0.5) is 0 Å². The predicted molar refractivity (Wildman–Crippen MR) is 261 cm³/mol. The summed E-state index contributed by atoms with van der Waals surface area (Å²) < 4.78 is 16.8. The zero-order valence-electron chi connectivity index (χ0n) is 39.9. The highest BCUT2D eigenvalue weighted by Crippen LogP contribution is 2.14. The minimum absolute atomic E-state index is 0.0880. The molecule has 0 N–H and O–H groups in total. The van der Waals surface area contributed by atoms with Crippen LogP contribution in [-0.2, 0) is 28.6 Å². The molecule has 0 aliphatic heterocycles. The molecule has 0 fully saturated rings. The second-order valence-corrected chi connectivity index (χ2v) is 16.7. The summed E-state index contributed by atoms with van der Waals surface area (Å²) in [5.74, 6) is -0.920. The summed E-state index contributed by atoms with van der Waals surface area (Å²) >= 11 is 0. The van der Waals surface area contributed by atoms with E-state index in [9.17, 15) is 14.4 Å². The van der Waals surface area contributed by atoms with Crippen molar-refractivity contribution in [3.8, 4) is 0 Å². The Morgan fingerprint density at radius 3 is 1.02 bits per heavy atom. The van der Waals surface area contributed by atoms with Crippen LogP contribution >= 0.6 is 0 Å². The fraction of sp³-hybridized carbons (Fsp3) is 0.727. The first-order chi connectivity index (χ1) is 30.0. The van der Waals surface area contributed by atoms with Crippen LogP contribution < -0.4 is 0 Å². The van der Waals surface area contributed by atoms with Crippen molar-refractivity contribution in [1.82, 2.24) is 0 Å². The quantitative estimate of drug-likeness (QED) is 0.0263. The van der Waals surface area contributed by atoms with Gasteiger partial charge in [-0.15, -0.1) is 0 Å². The summed E-state index contributed by atoms with van der Waals surface area (Å²) in [5, 5.41) is 0. The van der Waals surface area contributed by atoms with Gasteiger partial charge in [0.05, 0.1) is 0 Å². The molecule has 0 rings (SSSR count). The van der Waals surface area contributed by atoms with Crippen LogP contribution in [0.2, 0.25) is 0 Å². The van der Waals surface area contributed by atoms with E-state index in [4.69, 9.17) is 14.2 Å². The Labute approximate surface area is 376 Å². The van der Waals surface area contributed by atoms with E-state index in [0.29, 0.717) is 19.3 Å². The lowest BCUT2D eigenvalue weighted by Gasteiger charge is -2.18. The lowest BCUT2D eigenvalue weighted by atomic mass is 10.1. The SMILES string of the molecule is CC/C=C\C/C=C\C/C=C\C/C=C\CCCCCCCCC(=O)OCC(COC(=O)CCCCCCC/C=C\CCCCC)OC(=O)CCCCCCC/C=C\CCCCC. The molecule has 0 aromatic rings. The van der Waals surface area contributed by atoms with Crippen LogP contribution in [0.15, 0.2) is 72.9 Å². The highest BCUT2D eigenvalue weighted by Gasteiger charge is 2.19. The number of carbonyl (C=O) groups is 3. The van der Waals surface area contributed by atoms with Gasteiger partial charge in [-0.2, -0.15) is 0 Å². The minimum Gasteiger partial charge on any atom is -0.462 e. The molecule has 0 spiro atoms. The van der Waals surface area contributed by atoms with Gasteiger partial charge < -0.3 is 14.2 Å². The molecule has 0 heterocycles. The molecule has 1 unspecified atom stereocenters. The molecule has 0 aliphatic carbocycles. The van der Waals surface area contributed by atoms with E-state index in [1.54, 1.807) is 0 Å². The largest absolute Gasteiger partial charge is 0.462 e. The van der Waals surface area contributed by atoms with Gasteiger partial charge in [0.25, 0.3) is 0 Å². The van der Waals surface area contributed by atoms with Crippen LogP contribution in [-0.4, -0.2) is 37.2 Å². The van der Waals surface area contributed by atoms with Crippen molar-refractivity contribution in [1.29, 1.82) is 0 Å². The molecule has 0 saturated carbocycles. The maximum atomic E-state index is 12.8. The Bertz CT molecular complexity index is 1160. The lowest BCUT2D eigenvalue weighted by Crippen LogP contribution is -2.30. The van der Waals surface area contributed by atoms with Crippen LogP contribution in [0.25, 0.3) is 0 Å². The van der Waals surface area contributed by atoms with Gasteiger partial charge in [0.1, 0.15) is 13.2 Å². The highest BCUT2D eigenvalue weighted by molar-refractivity contribution is 5.71. The smallest absolute Gasteiger partial charge is 0.306 e. The van der Waals surface area contributed by atoms with E-state index in [-0.39, 0.29) is 31.1 Å². The van der Waals surface area contributed by atoms with E-state index >= 15 is 0 Å². The Kier molecular flexibility index (Phi) is 46.9. The van der Waals surface area contributed by atoms with E-state index in [2.05, 4.69) is 93.7 Å². The Morgan fingerprint density at radius 2 is 0.639 bits per heavy atom. The third-order valence-corrected chi connectivity index (χ3v) is 10.7. The number of hydrogen-bond donors (Lipinski definition) is 0. The summed E-state index contributed by atoms with van der Waals surface area (Å²) in [4.78, 5) is 37.9. The van der Waals surface area contributed by atoms with Crippen molar-refractivity contribution in [2.24, 2.45) is 0 Å². The van der Waals surface area contributed by atoms with Crippen LogP contribution in [0, 0.1) is 0 Å². The molecule has 0 radical (unpaired) electrons. The number of esters is 3. The zero-order valence-corrected chi connectivity index (χ0v) is 39.9. The molecule has 6 heteroatoms. The molecule has 350 valence electrons. The fourth-order valence-electron chi connectivity index (χ4n) is 6.83. The van der Waals surface area contributed by atoms with E-state index in [0.717, 1.165) is 109 Å². The van der Waals surface area contributed by atoms with Crippen molar-refractivity contribution < 1.29 is 28.6 Å². The van der Waals surface area contributed by atoms with E-state index in [1.165, 1.54) is 89.9 Å². The van der Waals surface area contributed by atoms with Gasteiger partial charge in [-0.25, -0.2) is 0 Å². The number of carbonyl (C=O) groups excluding carboxylic acids is 3. The molecule has 6 nitrogen and oxygen atoms in total. The maximum Gasteiger partial charge on any atom is 0.306 e. The second-order valence-electron chi connectivity index (χ2n) is 16.7. The topological polar surface area (TPSA) is 78.9 Å². The average molecular weight is 851 g/mol. The average Bonchev–Trinajstić information content (AvgIpc) is 3.26. The predicted octanol–water partition coefficient (Wildman–Crippen LogP) is 16.6. The van der Waals surface area contributed by atoms with Crippen molar-refractivity contribution in [3.05, 3.63) is 72.9 Å². The van der Waals surface area contributed by atoms with Crippen LogP contribution in [0.3, 0.4) is 0 Å². The first-order valence-corrected chi connectivity index (χ1v) is 25.4. The van der Waals surface area contributed by atoms with Gasteiger partial charge in [-0.3, -0.25) is 14.4 Å². The molecular weight excluding hydrogens is 757 g/mol. The first kappa shape index (κ1) is 57.9. The summed E-state index contributed by atoms with van der Waals surface area (Å²) in [7, 11) is 0. The summed E-state index contributed by atoms with van der Waals surface area (Å²) in [5.41, 5.74) is 0. The van der Waals surface area contributed by atoms with Crippen molar-refractivity contribution in [3.63, 3.8) is 0 Å². The lowest BCUT2D eigenvalue weighted by molar-refractivity contribution is -0.167. The molecular formula is C55H94O6. The van der Waals surface area contributed by atoms with Crippen LogP contribution in [0.1, 0.15) is 239 Å². The Hall–Kier alpha value is -3.15. The molecule has 0 amide bonds. The summed E-state index contributed by atoms with van der Waals surface area (Å²) in [6.07, 6.45) is 61.7. The number of allylic oxidation sites excluding steroid dienone is 12. The zero-order chi connectivity index (χ0) is 44.4. The van der Waals surface area contributed by atoms with Crippen LogP contribution in [0.5, 0.6) is 0 Å². The number of hydrogen-bond acceptors (Lipinski definition) is 6. The van der Waals surface area contributed by atoms with Crippen molar-refractivity contribution in [2.45, 2.75) is 245 Å². The highest BCUT2D eigenvalue weighted by atomic mass is 16.6. The molecule has 0 aromatic carbocycles. The van der Waals surface area contributed by atoms with E-state index < -0.39 is 6.10 Å². The maximum absolute atomic E-state index is 12.8. The molecule has 0 bridgehead atoms. The van der Waals surface area contributed by atoms with Crippen molar-refractivity contribution >= 4 is 17.9 Å². The first-order valence-electron chi connectivity index (χ1n) is 25.4. The Balaban J connectivity index is 4.39. The minimum atomic E-state index is -0.787. The van der Waals surface area contributed by atoms with Gasteiger partial charge in [0, 0.05) is 19.3 Å². The van der Waals surface area contributed by atoms with Gasteiger partial charge in [0.15, 0.2) is 6.10 Å². The van der Waals surface area contributed by atoms with Gasteiger partial charge >= 0.3 is 17.9 Å². The van der Waals surface area contributed by atoms with Gasteiger partial charge in [0.2, 0.25) is 0 Å². The molecule has 0 aromatic heterocycles. The summed E-state index contributed by atoms with van der Waals surface area (Å²) in [6.45, 7) is 6.44. The standard InChI is InChI=1S/C55H94O6/c1-4-7-10-13-16-19-22-25-26-27-28-29-30-31-34-36-39-42-45-48-54(57)60-51-52(61-55(58)49-46-43-40-37-33-24-21-18-15-12-9-6-3)50-59-53(56)47-44-41-38-35-32-23-20-17-14-11-8-5-2/h7,10,16-21,25-26,28-29,52H,4-6,8-9,11-15,22-24,27,30-51H2,1-3H3/b10-7-,19-16-,20-17-,21-18-,26-25-,29-28-. The van der Waals surface area contributed by atoms with Gasteiger partial charge in [-0.1, -0.05) is 184 Å². The number of ether oxygens (including phenoxy) is 3. The molecule has 0 aliphatic rings. The number of rotatable bonds is 45.